The molecule has 5 rings (SSSR count). The van der Waals surface area contributed by atoms with Gasteiger partial charge in [0.25, 0.3) is 5.91 Å². The summed E-state index contributed by atoms with van der Waals surface area (Å²) >= 11 is 0. The molecule has 0 N–H and O–H groups in total. The van der Waals surface area contributed by atoms with Crippen molar-refractivity contribution in [1.29, 1.82) is 0 Å². The number of hydrogen-bond donors (Lipinski definition) is 0. The van der Waals surface area contributed by atoms with Crippen molar-refractivity contribution in [3.05, 3.63) is 131 Å². The van der Waals surface area contributed by atoms with E-state index in [2.05, 4.69) is 0 Å². The number of aryl methyl sites for hydroxylation is 1. The van der Waals surface area contributed by atoms with Crippen LogP contribution in [0.5, 0.6) is 0 Å². The standard InChI is InChI=1S/C29H23F3N2O/c1-20-15-17-22(18-16-20)34-27(23-11-5-7-13-25(23)29(30,31)32)33(19-21-9-3-2-4-10-21)26-14-8-6-12-24(26)28(34)35/h2-18,27H,19H2,1H3/t27-/m0/s1. The third kappa shape index (κ3) is 4.28. The van der Waals surface area contributed by atoms with Crippen molar-refractivity contribution in [2.75, 3.05) is 9.80 Å². The zero-order valence-electron chi connectivity index (χ0n) is 19.0. The molecule has 0 bridgehead atoms. The number of hydrogen-bond acceptors (Lipinski definition) is 2. The first kappa shape index (κ1) is 22.7. The quantitative estimate of drug-likeness (QED) is 0.309. The Hall–Kier alpha value is -4.06. The van der Waals surface area contributed by atoms with Crippen LogP contribution in [-0.4, -0.2) is 5.91 Å². The first-order chi connectivity index (χ1) is 16.8. The molecule has 4 aromatic carbocycles. The maximum atomic E-state index is 14.2. The van der Waals surface area contributed by atoms with Crippen LogP contribution in [0.3, 0.4) is 0 Å². The third-order valence-electron chi connectivity index (χ3n) is 6.25. The van der Waals surface area contributed by atoms with Gasteiger partial charge in [0.2, 0.25) is 0 Å². The maximum absolute atomic E-state index is 14.2. The number of carbonyl (C=O) groups excluding carboxylic acids is 1. The van der Waals surface area contributed by atoms with Crippen molar-refractivity contribution in [2.45, 2.75) is 25.8 Å². The Labute approximate surface area is 202 Å². The predicted molar refractivity (Wildman–Crippen MR) is 131 cm³/mol. The average Bonchev–Trinajstić information content (AvgIpc) is 2.86. The first-order valence-corrected chi connectivity index (χ1v) is 11.3. The summed E-state index contributed by atoms with van der Waals surface area (Å²) in [7, 11) is 0. The monoisotopic (exact) mass is 472 g/mol. The van der Waals surface area contributed by atoms with Gasteiger partial charge in [-0.15, -0.1) is 0 Å². The highest BCUT2D eigenvalue weighted by Crippen LogP contribution is 2.45. The van der Waals surface area contributed by atoms with E-state index in [1.807, 2.05) is 54.3 Å². The van der Waals surface area contributed by atoms with Crippen LogP contribution in [0.1, 0.15) is 38.8 Å². The summed E-state index contributed by atoms with van der Waals surface area (Å²) in [5, 5.41) is 0. The molecular weight excluding hydrogens is 449 g/mol. The van der Waals surface area contributed by atoms with Crippen molar-refractivity contribution < 1.29 is 18.0 Å². The minimum absolute atomic E-state index is 0.0272. The van der Waals surface area contributed by atoms with Crippen molar-refractivity contribution in [1.82, 2.24) is 0 Å². The van der Waals surface area contributed by atoms with E-state index in [1.54, 1.807) is 42.5 Å². The van der Waals surface area contributed by atoms with E-state index in [-0.39, 0.29) is 11.5 Å². The molecule has 1 aliphatic rings. The normalized spacial score (nSPS) is 15.8. The Morgan fingerprint density at radius 2 is 1.40 bits per heavy atom. The summed E-state index contributed by atoms with van der Waals surface area (Å²) in [6.45, 7) is 2.25. The lowest BCUT2D eigenvalue weighted by Crippen LogP contribution is -2.50. The van der Waals surface area contributed by atoms with Crippen LogP contribution < -0.4 is 9.80 Å². The molecule has 35 heavy (non-hydrogen) atoms. The molecule has 0 spiro atoms. The van der Waals surface area contributed by atoms with E-state index in [9.17, 15) is 18.0 Å². The van der Waals surface area contributed by atoms with E-state index in [0.717, 1.165) is 17.2 Å². The van der Waals surface area contributed by atoms with E-state index >= 15 is 0 Å². The first-order valence-electron chi connectivity index (χ1n) is 11.3. The number of carbonyl (C=O) groups is 1. The minimum atomic E-state index is -4.58. The summed E-state index contributed by atoms with van der Waals surface area (Å²) in [6.07, 6.45) is -5.58. The summed E-state index contributed by atoms with van der Waals surface area (Å²) < 4.78 is 42.6. The van der Waals surface area contributed by atoms with Gasteiger partial charge in [-0.1, -0.05) is 78.4 Å². The second-order valence-corrected chi connectivity index (χ2v) is 8.60. The van der Waals surface area contributed by atoms with Gasteiger partial charge in [-0.2, -0.15) is 13.2 Å². The Morgan fingerprint density at radius 1 is 0.771 bits per heavy atom. The number of fused-ring (bicyclic) bond motifs is 1. The second kappa shape index (κ2) is 8.95. The molecule has 1 amide bonds. The van der Waals surface area contributed by atoms with Crippen molar-refractivity contribution >= 4 is 17.3 Å². The lowest BCUT2D eigenvalue weighted by Gasteiger charge is -2.46. The van der Waals surface area contributed by atoms with Crippen LogP contribution in [-0.2, 0) is 12.7 Å². The van der Waals surface area contributed by atoms with E-state index < -0.39 is 17.9 Å². The number of halogens is 3. The van der Waals surface area contributed by atoms with E-state index in [1.165, 1.54) is 17.0 Å². The van der Waals surface area contributed by atoms with Crippen LogP contribution in [0.25, 0.3) is 0 Å². The molecule has 6 heteroatoms. The molecule has 0 radical (unpaired) electrons. The fourth-order valence-electron chi connectivity index (χ4n) is 4.62. The number of alkyl halides is 3. The molecule has 0 saturated carbocycles. The largest absolute Gasteiger partial charge is 0.416 e. The lowest BCUT2D eigenvalue weighted by atomic mass is 9.96. The number of anilines is 2. The van der Waals surface area contributed by atoms with Gasteiger partial charge in [0.15, 0.2) is 0 Å². The highest BCUT2D eigenvalue weighted by Gasteiger charge is 2.44. The molecule has 3 nitrogen and oxygen atoms in total. The molecule has 0 aromatic heterocycles. The van der Waals surface area contributed by atoms with Crippen LogP contribution in [0, 0.1) is 6.92 Å². The highest BCUT2D eigenvalue weighted by atomic mass is 19.4. The number of nitrogens with zero attached hydrogens (tertiary/aromatic N) is 2. The summed E-state index contributed by atoms with van der Waals surface area (Å²) in [5.74, 6) is -0.337. The van der Waals surface area contributed by atoms with Crippen LogP contribution in [0.4, 0.5) is 24.5 Å². The Morgan fingerprint density at radius 3 is 2.11 bits per heavy atom. The Bertz CT molecular complexity index is 1350. The average molecular weight is 473 g/mol. The van der Waals surface area contributed by atoms with Gasteiger partial charge in [-0.3, -0.25) is 9.69 Å². The molecule has 0 fully saturated rings. The van der Waals surface area contributed by atoms with Gasteiger partial charge in [0, 0.05) is 17.8 Å². The molecule has 1 aliphatic heterocycles. The summed E-state index contributed by atoms with van der Waals surface area (Å²) in [6, 6.07) is 29.4. The number of rotatable bonds is 4. The molecule has 0 unspecified atom stereocenters. The zero-order chi connectivity index (χ0) is 24.6. The van der Waals surface area contributed by atoms with Gasteiger partial charge < -0.3 is 4.90 Å². The van der Waals surface area contributed by atoms with Crippen LogP contribution >= 0.6 is 0 Å². The van der Waals surface area contributed by atoms with Gasteiger partial charge in [-0.25, -0.2) is 0 Å². The smallest absolute Gasteiger partial charge is 0.342 e. The SMILES string of the molecule is Cc1ccc(N2C(=O)c3ccccc3N(Cc3ccccc3)[C@@H]2c2ccccc2C(F)(F)F)cc1. The fraction of sp³-hybridized carbons (Fsp3) is 0.138. The predicted octanol–water partition coefficient (Wildman–Crippen LogP) is 7.38. The zero-order valence-corrected chi connectivity index (χ0v) is 19.0. The molecule has 0 aliphatic carbocycles. The third-order valence-corrected chi connectivity index (χ3v) is 6.25. The highest BCUT2D eigenvalue weighted by molar-refractivity contribution is 6.12. The molecule has 1 atom stereocenters. The Kier molecular flexibility index (Phi) is 5.81. The van der Waals surface area contributed by atoms with E-state index in [0.29, 0.717) is 23.5 Å². The number of benzene rings is 4. The van der Waals surface area contributed by atoms with Gasteiger partial charge in [-0.05, 0) is 42.8 Å². The van der Waals surface area contributed by atoms with Crippen LogP contribution in [0.15, 0.2) is 103 Å². The van der Waals surface area contributed by atoms with Crippen molar-refractivity contribution in [2.24, 2.45) is 0 Å². The van der Waals surface area contributed by atoms with Crippen molar-refractivity contribution in [3.8, 4) is 0 Å². The fourth-order valence-corrected chi connectivity index (χ4v) is 4.62. The molecule has 1 heterocycles. The summed E-state index contributed by atoms with van der Waals surface area (Å²) in [5.41, 5.74) is 2.78. The maximum Gasteiger partial charge on any atom is 0.416 e. The van der Waals surface area contributed by atoms with Crippen LogP contribution in [0.2, 0.25) is 0 Å². The molecule has 4 aromatic rings. The molecule has 0 saturated heterocycles. The topological polar surface area (TPSA) is 23.6 Å². The Balaban J connectivity index is 1.78. The molecular formula is C29H23F3N2O. The summed E-state index contributed by atoms with van der Waals surface area (Å²) in [4.78, 5) is 17.2. The number of para-hydroxylation sites is 1. The van der Waals surface area contributed by atoms with Gasteiger partial charge in [0.05, 0.1) is 16.8 Å². The van der Waals surface area contributed by atoms with Gasteiger partial charge in [0.1, 0.15) is 6.17 Å². The molecule has 176 valence electrons. The number of amides is 1. The second-order valence-electron chi connectivity index (χ2n) is 8.60. The van der Waals surface area contributed by atoms with E-state index in [4.69, 9.17) is 0 Å². The van der Waals surface area contributed by atoms with Crippen molar-refractivity contribution in [3.63, 3.8) is 0 Å². The van der Waals surface area contributed by atoms with Gasteiger partial charge >= 0.3 is 6.18 Å². The lowest BCUT2D eigenvalue weighted by molar-refractivity contribution is -0.138. The minimum Gasteiger partial charge on any atom is -0.342 e.